The van der Waals surface area contributed by atoms with Crippen molar-refractivity contribution in [2.75, 3.05) is 24.6 Å². The number of nitrogens with zero attached hydrogens (tertiary/aromatic N) is 5. The smallest absolute Gasteiger partial charge is 0.453 e. The Labute approximate surface area is 200 Å². The first-order chi connectivity index (χ1) is 16.7. The number of aromatic nitrogens is 4. The van der Waals surface area contributed by atoms with Gasteiger partial charge in [0.05, 0.1) is 5.92 Å². The van der Waals surface area contributed by atoms with Crippen LogP contribution in [0, 0.1) is 5.92 Å². The molecule has 0 amide bonds. The highest BCUT2D eigenvalue weighted by Crippen LogP contribution is 2.29. The molecule has 1 unspecified atom stereocenters. The van der Waals surface area contributed by atoms with Crippen LogP contribution < -0.4 is 4.90 Å². The standard InChI is InChI=1S/C24H26F3N5O3/c1-3-15(2)16-4-6-17(7-5-16)19(33)14-35-22(34)18-10-12-31(13-11-18)21-9-8-20-28-29-23(24(25,26)27)32(20)30-21/h4-9,15,18H,3,10-14H2,1-2H3. The Balaban J connectivity index is 1.31. The Kier molecular flexibility index (Phi) is 7.04. The summed E-state index contributed by atoms with van der Waals surface area (Å²) >= 11 is 0. The minimum atomic E-state index is -4.67. The van der Waals surface area contributed by atoms with E-state index >= 15 is 0 Å². The molecule has 186 valence electrons. The topological polar surface area (TPSA) is 89.7 Å². The Bertz CT molecular complexity index is 1200. The highest BCUT2D eigenvalue weighted by atomic mass is 19.4. The van der Waals surface area contributed by atoms with E-state index in [2.05, 4.69) is 29.1 Å². The average molecular weight is 489 g/mol. The SMILES string of the molecule is CCC(C)c1ccc(C(=O)COC(=O)C2CCN(c3ccc4nnc(C(F)(F)F)n4n3)CC2)cc1. The number of carbonyl (C=O) groups is 2. The first-order valence-corrected chi connectivity index (χ1v) is 11.5. The van der Waals surface area contributed by atoms with Crippen molar-refractivity contribution in [2.24, 2.45) is 5.92 Å². The Morgan fingerprint density at radius 1 is 1.09 bits per heavy atom. The van der Waals surface area contributed by atoms with Crippen molar-refractivity contribution in [1.82, 2.24) is 19.8 Å². The normalized spacial score (nSPS) is 15.9. The maximum atomic E-state index is 13.1. The zero-order valence-electron chi connectivity index (χ0n) is 19.5. The van der Waals surface area contributed by atoms with Gasteiger partial charge < -0.3 is 9.64 Å². The molecule has 8 nitrogen and oxygen atoms in total. The van der Waals surface area contributed by atoms with Gasteiger partial charge in [0.15, 0.2) is 18.0 Å². The Morgan fingerprint density at radius 3 is 2.40 bits per heavy atom. The highest BCUT2D eigenvalue weighted by Gasteiger charge is 2.38. The predicted octanol–water partition coefficient (Wildman–Crippen LogP) is 4.30. The van der Waals surface area contributed by atoms with E-state index in [0.29, 0.717) is 47.7 Å². The third kappa shape index (κ3) is 5.44. The molecular formula is C24H26F3N5O3. The van der Waals surface area contributed by atoms with E-state index in [9.17, 15) is 22.8 Å². The van der Waals surface area contributed by atoms with E-state index in [1.54, 1.807) is 23.1 Å². The van der Waals surface area contributed by atoms with Crippen LogP contribution in [0.3, 0.4) is 0 Å². The van der Waals surface area contributed by atoms with Crippen molar-refractivity contribution in [3.8, 4) is 0 Å². The van der Waals surface area contributed by atoms with Crippen LogP contribution in [0.2, 0.25) is 0 Å². The number of ketones is 1. The van der Waals surface area contributed by atoms with Crippen LogP contribution >= 0.6 is 0 Å². The van der Waals surface area contributed by atoms with Gasteiger partial charge >= 0.3 is 12.1 Å². The third-order valence-electron chi connectivity index (χ3n) is 6.41. The van der Waals surface area contributed by atoms with Gasteiger partial charge in [0.1, 0.15) is 5.82 Å². The van der Waals surface area contributed by atoms with E-state index in [1.807, 2.05) is 12.1 Å². The summed E-state index contributed by atoms with van der Waals surface area (Å²) in [5.41, 5.74) is 1.65. The second-order valence-electron chi connectivity index (χ2n) is 8.71. The Morgan fingerprint density at radius 2 is 1.77 bits per heavy atom. The van der Waals surface area contributed by atoms with Crippen molar-refractivity contribution >= 4 is 23.2 Å². The molecule has 1 aromatic carbocycles. The monoisotopic (exact) mass is 489 g/mol. The predicted molar refractivity (Wildman–Crippen MR) is 121 cm³/mol. The largest absolute Gasteiger partial charge is 0.457 e. The summed E-state index contributed by atoms with van der Waals surface area (Å²) in [7, 11) is 0. The molecule has 1 fully saturated rings. The van der Waals surface area contributed by atoms with E-state index in [4.69, 9.17) is 4.74 Å². The number of piperidine rings is 1. The van der Waals surface area contributed by atoms with Crippen LogP contribution in [0.4, 0.5) is 19.0 Å². The molecular weight excluding hydrogens is 463 g/mol. The molecule has 3 aromatic rings. The summed E-state index contributed by atoms with van der Waals surface area (Å²) in [5.74, 6) is -1.55. The summed E-state index contributed by atoms with van der Waals surface area (Å²) in [6.07, 6.45) is -2.80. The van der Waals surface area contributed by atoms with E-state index in [-0.39, 0.29) is 18.0 Å². The lowest BCUT2D eigenvalue weighted by Crippen LogP contribution is -2.38. The van der Waals surface area contributed by atoms with Crippen LogP contribution in [-0.4, -0.2) is 51.3 Å². The van der Waals surface area contributed by atoms with Gasteiger partial charge in [-0.05, 0) is 42.9 Å². The zero-order chi connectivity index (χ0) is 25.2. The van der Waals surface area contributed by atoms with E-state index in [0.717, 1.165) is 12.0 Å². The summed E-state index contributed by atoms with van der Waals surface area (Å²) in [6, 6.07) is 10.3. The van der Waals surface area contributed by atoms with E-state index in [1.165, 1.54) is 6.07 Å². The molecule has 0 spiro atoms. The zero-order valence-corrected chi connectivity index (χ0v) is 19.5. The van der Waals surface area contributed by atoms with Gasteiger partial charge in [-0.25, -0.2) is 0 Å². The molecule has 1 aliphatic rings. The lowest BCUT2D eigenvalue weighted by atomic mass is 9.96. The number of hydrogen-bond acceptors (Lipinski definition) is 7. The lowest BCUT2D eigenvalue weighted by Gasteiger charge is -2.31. The number of hydrogen-bond donors (Lipinski definition) is 0. The maximum absolute atomic E-state index is 13.1. The minimum Gasteiger partial charge on any atom is -0.457 e. The van der Waals surface area contributed by atoms with Gasteiger partial charge in [-0.1, -0.05) is 38.1 Å². The molecule has 0 radical (unpaired) electrons. The first-order valence-electron chi connectivity index (χ1n) is 11.5. The third-order valence-corrected chi connectivity index (χ3v) is 6.41. The van der Waals surface area contributed by atoms with E-state index < -0.39 is 23.9 Å². The average Bonchev–Trinajstić information content (AvgIpc) is 3.31. The van der Waals surface area contributed by atoms with Crippen LogP contribution in [0.1, 0.15) is 60.8 Å². The van der Waals surface area contributed by atoms with Crippen molar-refractivity contribution < 1.29 is 27.5 Å². The fourth-order valence-electron chi connectivity index (χ4n) is 4.04. The molecule has 1 atom stereocenters. The fourth-order valence-corrected chi connectivity index (χ4v) is 4.04. The molecule has 1 saturated heterocycles. The number of anilines is 1. The van der Waals surface area contributed by atoms with Gasteiger partial charge in [0.2, 0.25) is 0 Å². The molecule has 0 saturated carbocycles. The summed E-state index contributed by atoms with van der Waals surface area (Å²) < 4.78 is 45.3. The van der Waals surface area contributed by atoms with Crippen molar-refractivity contribution in [3.05, 3.63) is 53.3 Å². The fraction of sp³-hybridized carbons (Fsp3) is 0.458. The molecule has 35 heavy (non-hydrogen) atoms. The highest BCUT2D eigenvalue weighted by molar-refractivity contribution is 5.98. The van der Waals surface area contributed by atoms with Crippen LogP contribution in [0.25, 0.3) is 5.65 Å². The molecule has 0 aliphatic carbocycles. The lowest BCUT2D eigenvalue weighted by molar-refractivity contribution is -0.148. The van der Waals surface area contributed by atoms with Crippen LogP contribution in [0.15, 0.2) is 36.4 Å². The van der Waals surface area contributed by atoms with Crippen molar-refractivity contribution in [3.63, 3.8) is 0 Å². The van der Waals surface area contributed by atoms with Gasteiger partial charge in [0.25, 0.3) is 5.82 Å². The number of fused-ring (bicyclic) bond motifs is 1. The van der Waals surface area contributed by atoms with Crippen molar-refractivity contribution in [2.45, 2.75) is 45.2 Å². The number of ether oxygens (including phenoxy) is 1. The quantitative estimate of drug-likeness (QED) is 0.361. The van der Waals surface area contributed by atoms with Crippen molar-refractivity contribution in [1.29, 1.82) is 0 Å². The second kappa shape index (κ2) is 10.0. The molecule has 2 aromatic heterocycles. The van der Waals surface area contributed by atoms with Gasteiger partial charge in [-0.3, -0.25) is 9.59 Å². The number of rotatable bonds is 7. The van der Waals surface area contributed by atoms with Gasteiger partial charge in [-0.2, -0.15) is 17.7 Å². The number of benzene rings is 1. The Hall–Kier alpha value is -3.50. The summed E-state index contributed by atoms with van der Waals surface area (Å²) in [6.45, 7) is 4.71. The molecule has 11 heteroatoms. The minimum absolute atomic E-state index is 0.00118. The molecule has 1 aliphatic heterocycles. The summed E-state index contributed by atoms with van der Waals surface area (Å²) in [4.78, 5) is 26.7. The molecule has 0 bridgehead atoms. The molecule has 0 N–H and O–H groups in total. The maximum Gasteiger partial charge on any atom is 0.453 e. The second-order valence-corrected chi connectivity index (χ2v) is 8.71. The number of alkyl halides is 3. The van der Waals surface area contributed by atoms with Crippen LogP contribution in [0.5, 0.6) is 0 Å². The summed E-state index contributed by atoms with van der Waals surface area (Å²) in [5, 5.41) is 10.7. The molecule has 3 heterocycles. The van der Waals surface area contributed by atoms with Crippen LogP contribution in [-0.2, 0) is 15.7 Å². The number of Topliss-reactive ketones (excluding diaryl/α,β-unsaturated/α-hetero) is 1. The number of carbonyl (C=O) groups excluding carboxylic acids is 2. The molecule has 4 rings (SSSR count). The van der Waals surface area contributed by atoms with Gasteiger partial charge in [-0.15, -0.1) is 15.3 Å². The first kappa shape index (κ1) is 24.6. The number of halogens is 3. The van der Waals surface area contributed by atoms with Gasteiger partial charge in [0, 0.05) is 18.7 Å². The number of esters is 1.